The fourth-order valence-corrected chi connectivity index (χ4v) is 1.92. The van der Waals surface area contributed by atoms with Crippen LogP contribution < -0.4 is 5.73 Å². The molecule has 1 aromatic rings. The van der Waals surface area contributed by atoms with Gasteiger partial charge in [-0.2, -0.15) is 0 Å². The van der Waals surface area contributed by atoms with E-state index in [2.05, 4.69) is 0 Å². The van der Waals surface area contributed by atoms with Crippen LogP contribution in [-0.4, -0.2) is 16.8 Å². The summed E-state index contributed by atoms with van der Waals surface area (Å²) in [6, 6.07) is 1.56. The maximum absolute atomic E-state index is 9.88. The van der Waals surface area contributed by atoms with E-state index in [9.17, 15) is 10.2 Å². The van der Waals surface area contributed by atoms with Gasteiger partial charge in [-0.3, -0.25) is 0 Å². The predicted molar refractivity (Wildman–Crippen MR) is 61.2 cm³/mol. The smallest absolute Gasteiger partial charge is 0.134 e. The maximum atomic E-state index is 9.88. The number of aromatic hydroxyl groups is 1. The Morgan fingerprint density at radius 2 is 2.07 bits per heavy atom. The number of phenolic OH excluding ortho intramolecular Hbond substituents is 1. The highest BCUT2D eigenvalue weighted by Crippen LogP contribution is 2.35. The summed E-state index contributed by atoms with van der Waals surface area (Å²) in [5.74, 6) is 0.0513. The second-order valence-electron chi connectivity index (χ2n) is 3.66. The molecular formula is C11H16ClNO2. The van der Waals surface area contributed by atoms with Crippen molar-refractivity contribution in [3.05, 3.63) is 27.8 Å². The van der Waals surface area contributed by atoms with E-state index in [1.807, 2.05) is 6.92 Å². The summed E-state index contributed by atoms with van der Waals surface area (Å²) in [6.45, 7) is 4.03. The summed E-state index contributed by atoms with van der Waals surface area (Å²) < 4.78 is 0. The monoisotopic (exact) mass is 229 g/mol. The minimum Gasteiger partial charge on any atom is -0.506 e. The Balaban J connectivity index is 3.23. The average Bonchev–Trinajstić information content (AvgIpc) is 2.15. The van der Waals surface area contributed by atoms with Crippen molar-refractivity contribution in [1.29, 1.82) is 0 Å². The second-order valence-corrected chi connectivity index (χ2v) is 4.04. The van der Waals surface area contributed by atoms with Crippen molar-refractivity contribution in [3.63, 3.8) is 0 Å². The third kappa shape index (κ3) is 2.43. The Bertz CT molecular complexity index is 366. The van der Waals surface area contributed by atoms with Crippen LogP contribution in [0.4, 0.5) is 0 Å². The first-order valence-corrected chi connectivity index (χ1v) is 5.23. The number of aryl methyl sites for hydroxylation is 1. The molecule has 0 aliphatic heterocycles. The van der Waals surface area contributed by atoms with Crippen molar-refractivity contribution in [3.8, 4) is 5.75 Å². The Morgan fingerprint density at radius 3 is 2.60 bits per heavy atom. The summed E-state index contributed by atoms with van der Waals surface area (Å²) in [6.07, 6.45) is -0.129. The van der Waals surface area contributed by atoms with Gasteiger partial charge in [0.2, 0.25) is 0 Å². The Kier molecular flexibility index (Phi) is 3.97. The molecule has 0 fully saturated rings. The van der Waals surface area contributed by atoms with Crippen molar-refractivity contribution < 1.29 is 10.2 Å². The molecule has 0 radical (unpaired) electrons. The first-order chi connectivity index (χ1) is 6.99. The van der Waals surface area contributed by atoms with Crippen LogP contribution >= 0.6 is 11.6 Å². The lowest BCUT2D eigenvalue weighted by Crippen LogP contribution is -2.09. The van der Waals surface area contributed by atoms with Gasteiger partial charge < -0.3 is 15.9 Å². The average molecular weight is 230 g/mol. The largest absolute Gasteiger partial charge is 0.506 e. The Hall–Kier alpha value is -0.770. The first kappa shape index (κ1) is 12.3. The molecule has 0 saturated heterocycles. The van der Waals surface area contributed by atoms with E-state index < -0.39 is 6.10 Å². The van der Waals surface area contributed by atoms with Crippen molar-refractivity contribution in [2.45, 2.75) is 26.4 Å². The quantitative estimate of drug-likeness (QED) is 0.743. The van der Waals surface area contributed by atoms with Gasteiger partial charge >= 0.3 is 0 Å². The highest BCUT2D eigenvalue weighted by atomic mass is 35.5. The molecular weight excluding hydrogens is 214 g/mol. The number of nitrogens with two attached hydrogens (primary N) is 1. The molecule has 0 aromatic heterocycles. The molecule has 0 aliphatic carbocycles. The van der Waals surface area contributed by atoms with E-state index in [1.54, 1.807) is 13.0 Å². The molecule has 15 heavy (non-hydrogen) atoms. The van der Waals surface area contributed by atoms with Crippen molar-refractivity contribution in [1.82, 2.24) is 0 Å². The van der Waals surface area contributed by atoms with E-state index in [0.29, 0.717) is 18.0 Å². The third-order valence-corrected chi connectivity index (χ3v) is 2.99. The van der Waals surface area contributed by atoms with Gasteiger partial charge in [-0.25, -0.2) is 0 Å². The number of rotatable bonds is 3. The SMILES string of the molecule is Cc1cc(O)c(Cl)c(C)c1C(O)CCN. The van der Waals surface area contributed by atoms with Crippen LogP contribution in [0, 0.1) is 13.8 Å². The lowest BCUT2D eigenvalue weighted by molar-refractivity contribution is 0.169. The molecule has 1 unspecified atom stereocenters. The van der Waals surface area contributed by atoms with Gasteiger partial charge in [0.05, 0.1) is 11.1 Å². The van der Waals surface area contributed by atoms with E-state index in [1.165, 1.54) is 0 Å². The highest BCUT2D eigenvalue weighted by Gasteiger charge is 2.17. The second kappa shape index (κ2) is 4.84. The van der Waals surface area contributed by atoms with Gasteiger partial charge in [0, 0.05) is 0 Å². The van der Waals surface area contributed by atoms with E-state index in [-0.39, 0.29) is 5.75 Å². The molecule has 4 N–H and O–H groups in total. The summed E-state index contributed by atoms with van der Waals surface area (Å²) in [5, 5.41) is 19.7. The number of aliphatic hydroxyl groups is 1. The summed E-state index contributed by atoms with van der Waals surface area (Å²) in [7, 11) is 0. The minimum absolute atomic E-state index is 0.0513. The van der Waals surface area contributed by atoms with Crippen molar-refractivity contribution >= 4 is 11.6 Å². The summed E-state index contributed by atoms with van der Waals surface area (Å²) in [4.78, 5) is 0. The van der Waals surface area contributed by atoms with Crippen LogP contribution in [0.1, 0.15) is 29.2 Å². The number of halogens is 1. The van der Waals surface area contributed by atoms with Gasteiger partial charge in [0.15, 0.2) is 0 Å². The normalized spacial score (nSPS) is 12.9. The van der Waals surface area contributed by atoms with Crippen LogP contribution in [0.15, 0.2) is 6.07 Å². The van der Waals surface area contributed by atoms with Gasteiger partial charge in [-0.1, -0.05) is 11.6 Å². The Morgan fingerprint density at radius 1 is 1.47 bits per heavy atom. The molecule has 1 atom stereocenters. The van der Waals surface area contributed by atoms with Crippen LogP contribution in [-0.2, 0) is 0 Å². The van der Waals surface area contributed by atoms with Gasteiger partial charge in [0.1, 0.15) is 5.75 Å². The van der Waals surface area contributed by atoms with Crippen LogP contribution in [0.2, 0.25) is 5.02 Å². The van der Waals surface area contributed by atoms with E-state index in [0.717, 1.165) is 16.7 Å². The number of aliphatic hydroxyl groups excluding tert-OH is 1. The molecule has 0 spiro atoms. The van der Waals surface area contributed by atoms with Gasteiger partial charge in [-0.15, -0.1) is 0 Å². The Labute approximate surface area is 94.5 Å². The van der Waals surface area contributed by atoms with Crippen LogP contribution in [0.3, 0.4) is 0 Å². The number of phenols is 1. The number of hydrogen-bond acceptors (Lipinski definition) is 3. The van der Waals surface area contributed by atoms with Gasteiger partial charge in [0.25, 0.3) is 0 Å². The summed E-state index contributed by atoms with van der Waals surface area (Å²) in [5.41, 5.74) is 7.71. The van der Waals surface area contributed by atoms with Crippen molar-refractivity contribution in [2.24, 2.45) is 5.73 Å². The molecule has 0 heterocycles. The standard InChI is InChI=1S/C11H16ClNO2/c1-6-5-9(15)11(12)7(2)10(6)8(14)3-4-13/h5,8,14-15H,3-4,13H2,1-2H3. The number of hydrogen-bond donors (Lipinski definition) is 3. The molecule has 0 aliphatic rings. The molecule has 1 rings (SSSR count). The molecule has 1 aromatic carbocycles. The minimum atomic E-state index is -0.618. The van der Waals surface area contributed by atoms with Gasteiger partial charge in [-0.05, 0) is 49.6 Å². The molecule has 4 heteroatoms. The predicted octanol–water partition coefficient (Wildman–Crippen LogP) is 2.04. The fourth-order valence-electron chi connectivity index (χ4n) is 1.77. The zero-order valence-corrected chi connectivity index (χ0v) is 9.67. The molecule has 84 valence electrons. The number of benzene rings is 1. The molecule has 0 amide bonds. The lowest BCUT2D eigenvalue weighted by atomic mass is 9.95. The molecule has 0 bridgehead atoms. The highest BCUT2D eigenvalue weighted by molar-refractivity contribution is 6.32. The topological polar surface area (TPSA) is 66.5 Å². The molecule has 0 saturated carbocycles. The zero-order chi connectivity index (χ0) is 11.6. The lowest BCUT2D eigenvalue weighted by Gasteiger charge is -2.17. The zero-order valence-electron chi connectivity index (χ0n) is 8.92. The van der Waals surface area contributed by atoms with E-state index >= 15 is 0 Å². The fraction of sp³-hybridized carbons (Fsp3) is 0.455. The first-order valence-electron chi connectivity index (χ1n) is 4.85. The molecule has 3 nitrogen and oxygen atoms in total. The maximum Gasteiger partial charge on any atom is 0.134 e. The van der Waals surface area contributed by atoms with Crippen LogP contribution in [0.5, 0.6) is 5.75 Å². The third-order valence-electron chi connectivity index (χ3n) is 2.51. The van der Waals surface area contributed by atoms with Crippen LogP contribution in [0.25, 0.3) is 0 Å². The summed E-state index contributed by atoms with van der Waals surface area (Å²) >= 11 is 5.91. The van der Waals surface area contributed by atoms with E-state index in [4.69, 9.17) is 17.3 Å². The van der Waals surface area contributed by atoms with Crippen molar-refractivity contribution in [2.75, 3.05) is 6.54 Å².